The lowest BCUT2D eigenvalue weighted by Gasteiger charge is -2.39. The van der Waals surface area contributed by atoms with Crippen molar-refractivity contribution in [3.8, 4) is 17.2 Å². The summed E-state index contributed by atoms with van der Waals surface area (Å²) in [6.07, 6.45) is 5.41. The second-order valence-corrected chi connectivity index (χ2v) is 13.3. The molecule has 4 heterocycles. The number of nitrogens with zero attached hydrogens (tertiary/aromatic N) is 5. The Bertz CT molecular complexity index is 1830. The van der Waals surface area contributed by atoms with E-state index >= 15 is 0 Å². The topological polar surface area (TPSA) is 96.1 Å². The van der Waals surface area contributed by atoms with E-state index in [-0.39, 0.29) is 5.91 Å². The monoisotopic (exact) mass is 674 g/mol. The Morgan fingerprint density at radius 2 is 1.60 bits per heavy atom. The molecular weight excluding hydrogens is 628 g/mol. The third kappa shape index (κ3) is 6.72. The van der Waals surface area contributed by atoms with Gasteiger partial charge in [0.1, 0.15) is 0 Å². The van der Waals surface area contributed by atoms with Gasteiger partial charge < -0.3 is 33.9 Å². The second-order valence-electron chi connectivity index (χ2n) is 13.3. The Balaban J connectivity index is 1.05. The number of imidazole rings is 1. The minimum Gasteiger partial charge on any atom is -0.493 e. The number of hydrogen-bond donors (Lipinski definition) is 1. The van der Waals surface area contributed by atoms with Gasteiger partial charge >= 0.3 is 0 Å². The summed E-state index contributed by atoms with van der Waals surface area (Å²) in [5.41, 5.74) is 4.50. The first-order valence-corrected chi connectivity index (χ1v) is 17.5. The number of hydrogen-bond acceptors (Lipinski definition) is 8. The molecule has 10 heteroatoms. The van der Waals surface area contributed by atoms with Crippen LogP contribution in [0.25, 0.3) is 11.0 Å². The lowest BCUT2D eigenvalue weighted by molar-refractivity contribution is -0.133. The van der Waals surface area contributed by atoms with E-state index in [2.05, 4.69) is 50.1 Å². The number of para-hydroxylation sites is 2. The van der Waals surface area contributed by atoms with Gasteiger partial charge in [0.25, 0.3) is 0 Å². The number of anilines is 1. The van der Waals surface area contributed by atoms with E-state index in [1.807, 2.05) is 65.7 Å². The number of piperidine rings is 1. The predicted octanol–water partition coefficient (Wildman–Crippen LogP) is 6.22. The molecule has 10 nitrogen and oxygen atoms in total. The van der Waals surface area contributed by atoms with Crippen molar-refractivity contribution in [3.63, 3.8) is 0 Å². The number of H-pyrrole nitrogens is 1. The first kappa shape index (κ1) is 33.4. The Morgan fingerprint density at radius 3 is 2.28 bits per heavy atom. The van der Waals surface area contributed by atoms with Crippen LogP contribution in [0.5, 0.6) is 17.2 Å². The van der Waals surface area contributed by atoms with E-state index in [9.17, 15) is 4.79 Å². The van der Waals surface area contributed by atoms with Crippen LogP contribution in [-0.4, -0.2) is 84.2 Å². The number of benzene rings is 3. The maximum absolute atomic E-state index is 14.5. The van der Waals surface area contributed by atoms with Crippen molar-refractivity contribution >= 4 is 22.9 Å². The van der Waals surface area contributed by atoms with E-state index in [4.69, 9.17) is 19.2 Å². The van der Waals surface area contributed by atoms with Crippen LogP contribution in [0.15, 0.2) is 91.1 Å². The summed E-state index contributed by atoms with van der Waals surface area (Å²) < 4.78 is 16.7. The number of nitrogens with one attached hydrogen (secondary N) is 1. The first-order chi connectivity index (χ1) is 24.5. The van der Waals surface area contributed by atoms with Crippen molar-refractivity contribution in [2.45, 2.75) is 50.2 Å². The molecule has 0 saturated carbocycles. The first-order valence-electron chi connectivity index (χ1n) is 17.5. The number of methoxy groups -OCH3 is 3. The van der Waals surface area contributed by atoms with E-state index in [0.29, 0.717) is 42.9 Å². The van der Waals surface area contributed by atoms with Gasteiger partial charge in [0.2, 0.25) is 17.6 Å². The molecule has 1 unspecified atom stereocenters. The number of fused-ring (bicyclic) bond motifs is 1. The molecule has 50 heavy (non-hydrogen) atoms. The van der Waals surface area contributed by atoms with Crippen LogP contribution in [0.3, 0.4) is 0 Å². The Kier molecular flexibility index (Phi) is 9.89. The molecule has 2 fully saturated rings. The molecule has 0 bridgehead atoms. The molecule has 0 aliphatic carbocycles. The van der Waals surface area contributed by atoms with Gasteiger partial charge in [-0.25, -0.2) is 4.98 Å². The maximum atomic E-state index is 14.5. The summed E-state index contributed by atoms with van der Waals surface area (Å²) in [6.45, 7) is 4.63. The standard InChI is InChI=1S/C40H46N6O4/c1-48-35-25-29(26-36(49-2)37(35)50-3)27-45-24-19-40(38(45)47,30-11-5-4-6-12-30)18-23-44-21-16-32(17-22-44)46(28-31-13-9-10-20-41-31)39-42-33-14-7-8-15-34(33)43-39/h4-15,20,25-26,32H,16-19,21-24,27-28H2,1-3H3,(H,42,43). The zero-order valence-corrected chi connectivity index (χ0v) is 29.2. The molecule has 2 saturated heterocycles. The number of ether oxygens (including phenoxy) is 3. The largest absolute Gasteiger partial charge is 0.493 e. The molecule has 3 aromatic carbocycles. The Hall–Kier alpha value is -5.09. The zero-order valence-electron chi connectivity index (χ0n) is 29.2. The number of aromatic amines is 1. The van der Waals surface area contributed by atoms with Gasteiger partial charge in [-0.15, -0.1) is 0 Å². The number of carbonyl (C=O) groups is 1. The van der Waals surface area contributed by atoms with Crippen LogP contribution in [0.1, 0.15) is 42.5 Å². The van der Waals surface area contributed by atoms with E-state index < -0.39 is 5.41 Å². The molecule has 7 rings (SSSR count). The third-order valence-corrected chi connectivity index (χ3v) is 10.5. The summed E-state index contributed by atoms with van der Waals surface area (Å²) in [6, 6.07) is 28.8. The SMILES string of the molecule is COc1cc(CN2CCC(CCN3CCC(N(Cc4ccccn4)c4nc5ccccc5[nH]4)CC3)(c3ccccc3)C2=O)cc(OC)c1OC. The zero-order chi connectivity index (χ0) is 34.5. The predicted molar refractivity (Wildman–Crippen MR) is 195 cm³/mol. The molecule has 2 aromatic heterocycles. The summed E-state index contributed by atoms with van der Waals surface area (Å²) in [7, 11) is 4.82. The van der Waals surface area contributed by atoms with Gasteiger partial charge in [0.15, 0.2) is 11.5 Å². The van der Waals surface area contributed by atoms with Crippen molar-refractivity contribution in [2.75, 3.05) is 52.4 Å². The van der Waals surface area contributed by atoms with Crippen molar-refractivity contribution in [1.29, 1.82) is 0 Å². The minimum atomic E-state index is -0.571. The number of likely N-dealkylation sites (tertiary alicyclic amines) is 2. The van der Waals surface area contributed by atoms with Crippen LogP contribution in [0.4, 0.5) is 5.95 Å². The van der Waals surface area contributed by atoms with Gasteiger partial charge in [-0.3, -0.25) is 9.78 Å². The smallest absolute Gasteiger partial charge is 0.233 e. The number of carbonyl (C=O) groups excluding carboxylic acids is 1. The highest BCUT2D eigenvalue weighted by Gasteiger charge is 2.48. The molecule has 5 aromatic rings. The molecule has 1 N–H and O–H groups in total. The lowest BCUT2D eigenvalue weighted by Crippen LogP contribution is -2.47. The summed E-state index contributed by atoms with van der Waals surface area (Å²) in [4.78, 5) is 34.6. The highest BCUT2D eigenvalue weighted by atomic mass is 16.5. The summed E-state index contributed by atoms with van der Waals surface area (Å²) >= 11 is 0. The van der Waals surface area contributed by atoms with E-state index in [1.54, 1.807) is 21.3 Å². The fourth-order valence-electron chi connectivity index (χ4n) is 7.76. The quantitative estimate of drug-likeness (QED) is 0.158. The van der Waals surface area contributed by atoms with Gasteiger partial charge in [-0.2, -0.15) is 0 Å². The molecule has 260 valence electrons. The van der Waals surface area contributed by atoms with Crippen molar-refractivity contribution < 1.29 is 19.0 Å². The second kappa shape index (κ2) is 14.8. The van der Waals surface area contributed by atoms with E-state index in [0.717, 1.165) is 79.1 Å². The van der Waals surface area contributed by atoms with Gasteiger partial charge in [-0.1, -0.05) is 48.5 Å². The molecule has 0 spiro atoms. The van der Waals surface area contributed by atoms with Crippen LogP contribution in [-0.2, 0) is 23.3 Å². The highest BCUT2D eigenvalue weighted by molar-refractivity contribution is 5.90. The molecule has 1 atom stereocenters. The van der Waals surface area contributed by atoms with Crippen LogP contribution in [0.2, 0.25) is 0 Å². The Morgan fingerprint density at radius 1 is 0.880 bits per heavy atom. The number of rotatable bonds is 13. The van der Waals surface area contributed by atoms with Gasteiger partial charge in [-0.05, 0) is 79.8 Å². The fraction of sp³-hybridized carbons (Fsp3) is 0.375. The number of aromatic nitrogens is 3. The fourth-order valence-corrected chi connectivity index (χ4v) is 7.76. The van der Waals surface area contributed by atoms with Crippen LogP contribution >= 0.6 is 0 Å². The summed E-state index contributed by atoms with van der Waals surface area (Å²) in [5.74, 6) is 2.79. The van der Waals surface area contributed by atoms with E-state index in [1.165, 1.54) is 0 Å². The van der Waals surface area contributed by atoms with Gasteiger partial charge in [0.05, 0.1) is 50.0 Å². The van der Waals surface area contributed by atoms with Crippen molar-refractivity contribution in [3.05, 3.63) is 108 Å². The molecule has 0 radical (unpaired) electrons. The normalized spacial score (nSPS) is 18.5. The summed E-state index contributed by atoms with van der Waals surface area (Å²) in [5, 5.41) is 0. The average molecular weight is 675 g/mol. The maximum Gasteiger partial charge on any atom is 0.233 e. The average Bonchev–Trinajstić information content (AvgIpc) is 3.74. The molecule has 2 aliphatic heterocycles. The third-order valence-electron chi connectivity index (χ3n) is 10.5. The van der Waals surface area contributed by atoms with Gasteiger partial charge in [0, 0.05) is 38.4 Å². The van der Waals surface area contributed by atoms with Crippen molar-refractivity contribution in [1.82, 2.24) is 24.8 Å². The molecule has 2 aliphatic rings. The van der Waals surface area contributed by atoms with Crippen LogP contribution < -0.4 is 19.1 Å². The lowest BCUT2D eigenvalue weighted by atomic mass is 9.76. The number of pyridine rings is 1. The van der Waals surface area contributed by atoms with Crippen LogP contribution in [0, 0.1) is 0 Å². The number of amides is 1. The minimum absolute atomic E-state index is 0.179. The van der Waals surface area contributed by atoms with Crippen molar-refractivity contribution in [2.24, 2.45) is 0 Å². The molecular formula is C40H46N6O4. The molecule has 1 amide bonds. The Labute approximate surface area is 294 Å². The highest BCUT2D eigenvalue weighted by Crippen LogP contribution is 2.42.